The number of amides is 2. The molecule has 164 valence electrons. The molecule has 0 aromatic heterocycles. The highest BCUT2D eigenvalue weighted by molar-refractivity contribution is 7.88. The number of carbonyl (C=O) groups excluding carboxylic acids is 2. The Kier molecular flexibility index (Phi) is 6.74. The van der Waals surface area contributed by atoms with Crippen molar-refractivity contribution in [1.82, 2.24) is 5.43 Å². The molecule has 0 saturated carbocycles. The maximum absolute atomic E-state index is 13.3. The number of hydrogen-bond donors (Lipinski definition) is 3. The second-order valence-corrected chi connectivity index (χ2v) is 9.41. The Morgan fingerprint density at radius 1 is 1.16 bits per heavy atom. The Balaban J connectivity index is 1.99. The van der Waals surface area contributed by atoms with Crippen molar-refractivity contribution >= 4 is 39.7 Å². The zero-order valence-electron chi connectivity index (χ0n) is 17.9. The minimum atomic E-state index is -1.80. The first-order chi connectivity index (χ1) is 14.7. The normalized spacial score (nSPS) is 18.6. The lowest BCUT2D eigenvalue weighted by Gasteiger charge is -2.26. The highest BCUT2D eigenvalue weighted by Gasteiger charge is 2.40. The van der Waals surface area contributed by atoms with Gasteiger partial charge in [-0.2, -0.15) is 5.10 Å². The van der Waals surface area contributed by atoms with E-state index >= 15 is 0 Å². The highest BCUT2D eigenvalue weighted by atomic mass is 32.2. The number of hydrogen-bond acceptors (Lipinski definition) is 6. The van der Waals surface area contributed by atoms with Gasteiger partial charge in [0.1, 0.15) is 5.75 Å². The van der Waals surface area contributed by atoms with E-state index in [0.717, 1.165) is 0 Å². The lowest BCUT2D eigenvalue weighted by Crippen LogP contribution is -2.48. The Labute approximate surface area is 183 Å². The predicted molar refractivity (Wildman–Crippen MR) is 122 cm³/mol. The van der Waals surface area contributed by atoms with Gasteiger partial charge in [0.05, 0.1) is 33.7 Å². The fraction of sp³-hybridized carbons (Fsp3) is 0.318. The van der Waals surface area contributed by atoms with Crippen LogP contribution in [-0.4, -0.2) is 39.1 Å². The van der Waals surface area contributed by atoms with Gasteiger partial charge in [-0.1, -0.05) is 24.3 Å². The number of benzene rings is 2. The maximum atomic E-state index is 13.3. The summed E-state index contributed by atoms with van der Waals surface area (Å²) in [6, 6.07) is 13.8. The summed E-state index contributed by atoms with van der Waals surface area (Å²) in [7, 11) is -1.80. The van der Waals surface area contributed by atoms with Crippen molar-refractivity contribution in [3.05, 3.63) is 48.5 Å². The minimum absolute atomic E-state index is 0.174. The van der Waals surface area contributed by atoms with E-state index in [1.54, 1.807) is 48.5 Å². The van der Waals surface area contributed by atoms with Crippen molar-refractivity contribution < 1.29 is 18.5 Å². The molecule has 2 aromatic rings. The first-order valence-electron chi connectivity index (χ1n) is 9.89. The van der Waals surface area contributed by atoms with Crippen LogP contribution in [0.25, 0.3) is 0 Å². The van der Waals surface area contributed by atoms with Gasteiger partial charge < -0.3 is 20.8 Å². The van der Waals surface area contributed by atoms with Crippen molar-refractivity contribution in [1.29, 1.82) is 0 Å². The van der Waals surface area contributed by atoms with Crippen molar-refractivity contribution in [2.24, 2.45) is 5.10 Å². The van der Waals surface area contributed by atoms with E-state index in [4.69, 9.17) is 4.74 Å². The highest BCUT2D eigenvalue weighted by Crippen LogP contribution is 2.29. The smallest absolute Gasteiger partial charge is 0.273 e. The number of ether oxygens (including phenoxy) is 1. The lowest BCUT2D eigenvalue weighted by atomic mass is 10.1. The van der Waals surface area contributed by atoms with Crippen LogP contribution < -0.4 is 20.8 Å². The Hall–Kier alpha value is -3.20. The van der Waals surface area contributed by atoms with Gasteiger partial charge in [-0.05, 0) is 52.0 Å². The van der Waals surface area contributed by atoms with E-state index in [-0.39, 0.29) is 5.71 Å². The molecular formula is C22H26N4O4S. The first-order valence-corrected chi connectivity index (χ1v) is 11.1. The summed E-state index contributed by atoms with van der Waals surface area (Å²) in [5.74, 6) is -0.711. The molecule has 2 aromatic carbocycles. The van der Waals surface area contributed by atoms with Crippen molar-refractivity contribution in [2.75, 3.05) is 17.2 Å². The molecule has 0 saturated heterocycles. The van der Waals surface area contributed by atoms with E-state index in [1.165, 1.54) is 0 Å². The van der Waals surface area contributed by atoms with Crippen LogP contribution in [-0.2, 0) is 20.4 Å². The largest absolute Gasteiger partial charge is 0.492 e. The van der Waals surface area contributed by atoms with E-state index in [9.17, 15) is 13.8 Å². The van der Waals surface area contributed by atoms with Crippen LogP contribution in [0.3, 0.4) is 0 Å². The third-order valence-corrected chi connectivity index (χ3v) is 5.90. The van der Waals surface area contributed by atoms with E-state index in [1.807, 2.05) is 27.7 Å². The molecule has 0 fully saturated rings. The van der Waals surface area contributed by atoms with Gasteiger partial charge in [-0.15, -0.1) is 0 Å². The zero-order valence-corrected chi connectivity index (χ0v) is 18.7. The molecule has 3 N–H and O–H groups in total. The zero-order chi connectivity index (χ0) is 22.6. The molecule has 2 amide bonds. The van der Waals surface area contributed by atoms with Crippen LogP contribution in [0.1, 0.15) is 27.7 Å². The number of para-hydroxylation sites is 3. The van der Waals surface area contributed by atoms with Crippen molar-refractivity contribution in [3.8, 4) is 5.75 Å². The topological polar surface area (TPSA) is 109 Å². The van der Waals surface area contributed by atoms with Crippen LogP contribution in [0, 0.1) is 0 Å². The molecule has 1 aliphatic heterocycles. The quantitative estimate of drug-likeness (QED) is 0.471. The summed E-state index contributed by atoms with van der Waals surface area (Å²) in [6.45, 7) is 7.85. The van der Waals surface area contributed by atoms with Gasteiger partial charge in [0.25, 0.3) is 5.91 Å². The molecular weight excluding hydrogens is 416 g/mol. The second kappa shape index (κ2) is 9.30. The fourth-order valence-electron chi connectivity index (χ4n) is 2.89. The molecule has 0 radical (unpaired) electrons. The Morgan fingerprint density at radius 3 is 2.55 bits per heavy atom. The van der Waals surface area contributed by atoms with E-state index in [0.29, 0.717) is 28.6 Å². The average molecular weight is 443 g/mol. The van der Waals surface area contributed by atoms with Gasteiger partial charge in [-0.3, -0.25) is 13.8 Å². The summed E-state index contributed by atoms with van der Waals surface area (Å²) in [5, 5.41) is 8.42. The third kappa shape index (κ3) is 5.29. The van der Waals surface area contributed by atoms with Crippen LogP contribution in [0.2, 0.25) is 0 Å². The number of nitrogens with one attached hydrogen (secondary N) is 3. The summed E-state index contributed by atoms with van der Waals surface area (Å²) in [4.78, 5) is 26.5. The summed E-state index contributed by atoms with van der Waals surface area (Å²) in [6.07, 6.45) is 0. The lowest BCUT2D eigenvalue weighted by molar-refractivity contribution is -0.116. The van der Waals surface area contributed by atoms with Gasteiger partial charge >= 0.3 is 0 Å². The standard InChI is InChI=1S/C22H26N4O4S/c1-5-30-16-12-8-6-10-14(16)23-20(27)18(25-26-22(2,3)4)19-21(28)24-15-11-7-9-13-17(15)31(19)29/h6-13,19,26H,5H2,1-4H3,(H,23,27)(H,24,28)/b25-18-/t19-,31+/m1/s1. The summed E-state index contributed by atoms with van der Waals surface area (Å²) >= 11 is 0. The van der Waals surface area contributed by atoms with Gasteiger partial charge in [0, 0.05) is 5.54 Å². The molecule has 8 nitrogen and oxygen atoms in total. The third-order valence-electron chi connectivity index (χ3n) is 4.24. The van der Waals surface area contributed by atoms with Crippen LogP contribution in [0.15, 0.2) is 58.5 Å². The second-order valence-electron chi connectivity index (χ2n) is 7.91. The van der Waals surface area contributed by atoms with Crippen LogP contribution in [0.5, 0.6) is 5.75 Å². The minimum Gasteiger partial charge on any atom is -0.492 e. The number of rotatable bonds is 6. The number of carbonyl (C=O) groups is 2. The molecule has 0 aliphatic carbocycles. The maximum Gasteiger partial charge on any atom is 0.273 e. The molecule has 1 aliphatic rings. The van der Waals surface area contributed by atoms with Gasteiger partial charge in [0.2, 0.25) is 5.91 Å². The summed E-state index contributed by atoms with van der Waals surface area (Å²) in [5.41, 5.74) is 3.12. The molecule has 0 spiro atoms. The summed E-state index contributed by atoms with van der Waals surface area (Å²) < 4.78 is 18.8. The Morgan fingerprint density at radius 2 is 1.84 bits per heavy atom. The van der Waals surface area contributed by atoms with Crippen LogP contribution in [0.4, 0.5) is 11.4 Å². The van der Waals surface area contributed by atoms with Gasteiger partial charge in [0.15, 0.2) is 11.0 Å². The first kappa shape index (κ1) is 22.5. The predicted octanol–water partition coefficient (Wildman–Crippen LogP) is 2.90. The molecule has 31 heavy (non-hydrogen) atoms. The number of fused-ring (bicyclic) bond motifs is 1. The average Bonchev–Trinajstić information content (AvgIpc) is 2.71. The van der Waals surface area contributed by atoms with E-state index < -0.39 is 33.4 Å². The van der Waals surface area contributed by atoms with E-state index in [2.05, 4.69) is 21.2 Å². The van der Waals surface area contributed by atoms with Gasteiger partial charge in [-0.25, -0.2) is 0 Å². The van der Waals surface area contributed by atoms with Crippen LogP contribution >= 0.6 is 0 Å². The number of anilines is 2. The molecule has 2 atom stereocenters. The molecule has 1 heterocycles. The van der Waals surface area contributed by atoms with Crippen molar-refractivity contribution in [2.45, 2.75) is 43.4 Å². The number of nitrogens with zero attached hydrogens (tertiary/aromatic N) is 1. The molecule has 0 bridgehead atoms. The fourth-order valence-corrected chi connectivity index (χ4v) is 4.31. The Bertz CT molecular complexity index is 1050. The SMILES string of the molecule is CCOc1ccccc1NC(=O)/C(=N\NC(C)(C)C)[C@@H]1C(=O)Nc2ccccc2[S@@]1=O. The molecule has 0 unspecified atom stereocenters. The number of hydrazone groups is 1. The molecule has 9 heteroatoms. The monoisotopic (exact) mass is 442 g/mol. The molecule has 3 rings (SSSR count). The van der Waals surface area contributed by atoms with Crippen molar-refractivity contribution in [3.63, 3.8) is 0 Å².